The minimum atomic E-state index is 0.169. The van der Waals surface area contributed by atoms with E-state index < -0.39 is 0 Å². The van der Waals surface area contributed by atoms with Crippen LogP contribution in [0.1, 0.15) is 37.1 Å². The Morgan fingerprint density at radius 2 is 1.91 bits per heavy atom. The first-order chi connectivity index (χ1) is 11.1. The SMILES string of the molecule is Cc1cnc(C)c(OC2CCN(CC(=O)N3CCCC3)CC2)n1. The number of likely N-dealkylation sites (tertiary alicyclic amines) is 2. The number of amides is 1. The molecule has 3 heterocycles. The van der Waals surface area contributed by atoms with E-state index in [0.717, 1.165) is 63.3 Å². The zero-order valence-corrected chi connectivity index (χ0v) is 14.1. The van der Waals surface area contributed by atoms with Gasteiger partial charge in [-0.1, -0.05) is 0 Å². The molecule has 6 heteroatoms. The molecule has 23 heavy (non-hydrogen) atoms. The fourth-order valence-corrected chi connectivity index (χ4v) is 3.23. The second kappa shape index (κ2) is 7.25. The van der Waals surface area contributed by atoms with E-state index in [0.29, 0.717) is 12.4 Å². The molecule has 2 aliphatic heterocycles. The number of hydrogen-bond donors (Lipinski definition) is 0. The molecule has 126 valence electrons. The molecule has 0 aliphatic carbocycles. The monoisotopic (exact) mass is 318 g/mol. The van der Waals surface area contributed by atoms with Gasteiger partial charge in [0.25, 0.3) is 0 Å². The molecular weight excluding hydrogens is 292 g/mol. The average molecular weight is 318 g/mol. The molecule has 1 aromatic heterocycles. The molecule has 2 fully saturated rings. The Labute approximate surface area is 137 Å². The molecular formula is C17H26N4O2. The van der Waals surface area contributed by atoms with Gasteiger partial charge in [0.1, 0.15) is 6.10 Å². The average Bonchev–Trinajstić information content (AvgIpc) is 3.07. The summed E-state index contributed by atoms with van der Waals surface area (Å²) in [6.07, 6.45) is 6.10. The summed E-state index contributed by atoms with van der Waals surface area (Å²) in [5.74, 6) is 0.929. The highest BCUT2D eigenvalue weighted by Crippen LogP contribution is 2.20. The second-order valence-corrected chi connectivity index (χ2v) is 6.58. The molecule has 2 saturated heterocycles. The Hall–Kier alpha value is -1.69. The lowest BCUT2D eigenvalue weighted by Crippen LogP contribution is -2.44. The van der Waals surface area contributed by atoms with Crippen LogP contribution in [0, 0.1) is 13.8 Å². The van der Waals surface area contributed by atoms with E-state index >= 15 is 0 Å². The van der Waals surface area contributed by atoms with Crippen LogP contribution in [0.4, 0.5) is 0 Å². The third kappa shape index (κ3) is 4.19. The Morgan fingerprint density at radius 3 is 2.61 bits per heavy atom. The topological polar surface area (TPSA) is 58.6 Å². The van der Waals surface area contributed by atoms with Crippen LogP contribution in [-0.4, -0.2) is 64.5 Å². The van der Waals surface area contributed by atoms with Crippen molar-refractivity contribution in [3.05, 3.63) is 17.6 Å². The Kier molecular flexibility index (Phi) is 5.10. The second-order valence-electron chi connectivity index (χ2n) is 6.58. The van der Waals surface area contributed by atoms with Gasteiger partial charge in [-0.25, -0.2) is 4.98 Å². The van der Waals surface area contributed by atoms with E-state index in [4.69, 9.17) is 4.74 Å². The van der Waals surface area contributed by atoms with Crippen LogP contribution in [0.5, 0.6) is 5.88 Å². The highest BCUT2D eigenvalue weighted by molar-refractivity contribution is 5.78. The normalized spacial score (nSPS) is 20.0. The molecule has 0 radical (unpaired) electrons. The summed E-state index contributed by atoms with van der Waals surface area (Å²) in [7, 11) is 0. The first-order valence-corrected chi connectivity index (χ1v) is 8.59. The Balaban J connectivity index is 1.46. The number of aromatic nitrogens is 2. The maximum Gasteiger partial charge on any atom is 0.236 e. The first-order valence-electron chi connectivity index (χ1n) is 8.59. The van der Waals surface area contributed by atoms with Crippen LogP contribution in [0.2, 0.25) is 0 Å². The number of nitrogens with zero attached hydrogens (tertiary/aromatic N) is 4. The highest BCUT2D eigenvalue weighted by Gasteiger charge is 2.25. The number of ether oxygens (including phenoxy) is 1. The van der Waals surface area contributed by atoms with Gasteiger partial charge < -0.3 is 9.64 Å². The molecule has 0 N–H and O–H groups in total. The van der Waals surface area contributed by atoms with Crippen molar-refractivity contribution in [1.29, 1.82) is 0 Å². The summed E-state index contributed by atoms with van der Waals surface area (Å²) in [6, 6.07) is 0. The van der Waals surface area contributed by atoms with Gasteiger partial charge in [0.15, 0.2) is 0 Å². The van der Waals surface area contributed by atoms with Crippen molar-refractivity contribution < 1.29 is 9.53 Å². The number of piperidine rings is 1. The predicted octanol–water partition coefficient (Wildman–Crippen LogP) is 1.56. The van der Waals surface area contributed by atoms with E-state index in [2.05, 4.69) is 14.9 Å². The summed E-state index contributed by atoms with van der Waals surface area (Å²) in [5, 5.41) is 0. The van der Waals surface area contributed by atoms with Gasteiger partial charge in [0, 0.05) is 32.4 Å². The van der Waals surface area contributed by atoms with E-state index in [1.165, 1.54) is 0 Å². The third-order valence-corrected chi connectivity index (χ3v) is 4.66. The third-order valence-electron chi connectivity index (χ3n) is 4.66. The lowest BCUT2D eigenvalue weighted by atomic mass is 10.1. The number of carbonyl (C=O) groups is 1. The van der Waals surface area contributed by atoms with Crippen molar-refractivity contribution in [1.82, 2.24) is 19.8 Å². The minimum absolute atomic E-state index is 0.169. The van der Waals surface area contributed by atoms with Crippen molar-refractivity contribution in [2.75, 3.05) is 32.7 Å². The van der Waals surface area contributed by atoms with Gasteiger partial charge in [-0.2, -0.15) is 0 Å². The van der Waals surface area contributed by atoms with Crippen LogP contribution in [-0.2, 0) is 4.79 Å². The van der Waals surface area contributed by atoms with Crippen LogP contribution in [0.3, 0.4) is 0 Å². The summed E-state index contributed by atoms with van der Waals surface area (Å²) >= 11 is 0. The van der Waals surface area contributed by atoms with E-state index in [-0.39, 0.29) is 12.0 Å². The summed E-state index contributed by atoms with van der Waals surface area (Å²) in [6.45, 7) is 8.08. The fraction of sp³-hybridized carbons (Fsp3) is 0.706. The molecule has 0 unspecified atom stereocenters. The van der Waals surface area contributed by atoms with Crippen molar-refractivity contribution >= 4 is 5.91 Å². The number of rotatable bonds is 4. The van der Waals surface area contributed by atoms with Crippen molar-refractivity contribution in [2.45, 2.75) is 45.6 Å². The smallest absolute Gasteiger partial charge is 0.236 e. The standard InChI is InChI=1S/C17H26N4O2/c1-13-11-18-14(2)17(19-13)23-15-5-9-20(10-6-15)12-16(22)21-7-3-4-8-21/h11,15H,3-10,12H2,1-2H3. The van der Waals surface area contributed by atoms with Gasteiger partial charge in [0.05, 0.1) is 17.9 Å². The molecule has 2 aliphatic rings. The van der Waals surface area contributed by atoms with Crippen molar-refractivity contribution in [3.63, 3.8) is 0 Å². The molecule has 0 atom stereocenters. The lowest BCUT2D eigenvalue weighted by Gasteiger charge is -2.32. The van der Waals surface area contributed by atoms with Gasteiger partial charge in [-0.3, -0.25) is 14.7 Å². The predicted molar refractivity (Wildman–Crippen MR) is 87.4 cm³/mol. The Morgan fingerprint density at radius 1 is 1.22 bits per heavy atom. The maximum absolute atomic E-state index is 12.2. The largest absolute Gasteiger partial charge is 0.473 e. The molecule has 0 bridgehead atoms. The quantitative estimate of drug-likeness (QED) is 0.843. The van der Waals surface area contributed by atoms with Crippen LogP contribution < -0.4 is 4.74 Å². The van der Waals surface area contributed by atoms with Crippen LogP contribution >= 0.6 is 0 Å². The highest BCUT2D eigenvalue weighted by atomic mass is 16.5. The van der Waals surface area contributed by atoms with Crippen LogP contribution in [0.25, 0.3) is 0 Å². The molecule has 1 aromatic rings. The molecule has 0 saturated carbocycles. The lowest BCUT2D eigenvalue weighted by molar-refractivity contribution is -0.131. The van der Waals surface area contributed by atoms with E-state index in [9.17, 15) is 4.79 Å². The molecule has 0 spiro atoms. The summed E-state index contributed by atoms with van der Waals surface area (Å²) in [5.41, 5.74) is 1.71. The molecule has 0 aromatic carbocycles. The molecule has 3 rings (SSSR count). The summed E-state index contributed by atoms with van der Waals surface area (Å²) in [4.78, 5) is 25.2. The number of hydrogen-bond acceptors (Lipinski definition) is 5. The number of carbonyl (C=O) groups excluding carboxylic acids is 1. The zero-order chi connectivity index (χ0) is 16.2. The fourth-order valence-electron chi connectivity index (χ4n) is 3.23. The Bertz CT molecular complexity index is 550. The van der Waals surface area contributed by atoms with Crippen molar-refractivity contribution in [3.8, 4) is 5.88 Å². The first kappa shape index (κ1) is 16.2. The van der Waals surface area contributed by atoms with Gasteiger partial charge in [-0.05, 0) is 39.5 Å². The number of aryl methyl sites for hydroxylation is 2. The van der Waals surface area contributed by atoms with E-state index in [1.54, 1.807) is 6.20 Å². The van der Waals surface area contributed by atoms with Crippen LogP contribution in [0.15, 0.2) is 6.20 Å². The minimum Gasteiger partial charge on any atom is -0.473 e. The van der Waals surface area contributed by atoms with Gasteiger partial charge in [-0.15, -0.1) is 0 Å². The zero-order valence-electron chi connectivity index (χ0n) is 14.1. The molecule has 1 amide bonds. The van der Waals surface area contributed by atoms with Crippen molar-refractivity contribution in [2.24, 2.45) is 0 Å². The maximum atomic E-state index is 12.2. The van der Waals surface area contributed by atoms with Gasteiger partial charge in [0.2, 0.25) is 11.8 Å². The van der Waals surface area contributed by atoms with E-state index in [1.807, 2.05) is 18.7 Å². The van der Waals surface area contributed by atoms with Gasteiger partial charge >= 0.3 is 0 Å². The summed E-state index contributed by atoms with van der Waals surface area (Å²) < 4.78 is 6.02. The molecule has 6 nitrogen and oxygen atoms in total.